The van der Waals surface area contributed by atoms with Crippen LogP contribution >= 0.6 is 0 Å². The number of hydrogen-bond donors (Lipinski definition) is 2. The number of nitrogens with two attached hydrogens (primary N) is 1. The van der Waals surface area contributed by atoms with Crippen LogP contribution in [0.4, 0.5) is 0 Å². The normalized spacial score (nSPS) is 43.2. The first-order chi connectivity index (χ1) is 13.4. The minimum absolute atomic E-state index is 0.114. The summed E-state index contributed by atoms with van der Waals surface area (Å²) in [5.41, 5.74) is 6.84. The molecule has 1 aliphatic heterocycles. The van der Waals surface area contributed by atoms with E-state index in [-0.39, 0.29) is 35.8 Å². The van der Waals surface area contributed by atoms with Crippen LogP contribution in [-0.2, 0) is 14.3 Å². The maximum Gasteiger partial charge on any atom is 0.320 e. The molecule has 0 aromatic rings. The molecule has 0 spiro atoms. The van der Waals surface area contributed by atoms with Gasteiger partial charge in [-0.15, -0.1) is 0 Å². The summed E-state index contributed by atoms with van der Waals surface area (Å²) in [4.78, 5) is 27.3. The zero-order valence-electron chi connectivity index (χ0n) is 16.3. The van der Waals surface area contributed by atoms with E-state index in [4.69, 9.17) is 10.5 Å². The first kappa shape index (κ1) is 18.1. The molecule has 6 aliphatic rings. The van der Waals surface area contributed by atoms with Crippen molar-refractivity contribution in [2.45, 2.75) is 62.6 Å². The second-order valence-corrected chi connectivity index (χ2v) is 9.78. The second-order valence-electron chi connectivity index (χ2n) is 9.78. The zero-order valence-corrected chi connectivity index (χ0v) is 16.3. The quantitative estimate of drug-likeness (QED) is 0.686. The number of hydrogen-bond acceptors (Lipinski definition) is 6. The summed E-state index contributed by atoms with van der Waals surface area (Å²) in [6.45, 7) is 0.197. The fourth-order valence-electron chi connectivity index (χ4n) is 7.09. The first-order valence-electron chi connectivity index (χ1n) is 10.4. The average Bonchev–Trinajstić information content (AvgIpc) is 3.29. The molecular weight excluding hydrogens is 356 g/mol. The Bertz CT molecular complexity index is 786. The Morgan fingerprint density at radius 2 is 2.07 bits per heavy atom. The van der Waals surface area contributed by atoms with Gasteiger partial charge in [0.2, 0.25) is 5.91 Å². The lowest BCUT2D eigenvalue weighted by Gasteiger charge is -2.62. The lowest BCUT2D eigenvalue weighted by molar-refractivity contribution is -0.204. The Hall–Kier alpha value is -1.91. The van der Waals surface area contributed by atoms with Crippen LogP contribution in [0, 0.1) is 34.5 Å². The molecule has 0 radical (unpaired) electrons. The van der Waals surface area contributed by atoms with E-state index in [1.54, 1.807) is 11.9 Å². The number of rotatable bonds is 5. The Morgan fingerprint density at radius 1 is 1.36 bits per heavy atom. The fourth-order valence-corrected chi connectivity index (χ4v) is 7.09. The van der Waals surface area contributed by atoms with E-state index in [1.165, 1.54) is 0 Å². The van der Waals surface area contributed by atoms with Gasteiger partial charge in [0.15, 0.2) is 0 Å². The summed E-state index contributed by atoms with van der Waals surface area (Å²) in [5.74, 6) is 0.860. The molecule has 1 amide bonds. The average molecular weight is 384 g/mol. The predicted octanol–water partition coefficient (Wildman–Crippen LogP) is 1.05. The highest BCUT2D eigenvalue weighted by molar-refractivity contribution is 5.86. The molecule has 0 aromatic heterocycles. The molecule has 6 rings (SSSR count). The summed E-state index contributed by atoms with van der Waals surface area (Å²) in [7, 11) is 1.73. The Kier molecular flexibility index (Phi) is 3.91. The van der Waals surface area contributed by atoms with Crippen molar-refractivity contribution in [2.75, 3.05) is 13.6 Å². The summed E-state index contributed by atoms with van der Waals surface area (Å²) >= 11 is 0. The molecule has 1 saturated heterocycles. The van der Waals surface area contributed by atoms with Crippen LogP contribution in [0.25, 0.3) is 0 Å². The lowest BCUT2D eigenvalue weighted by atomic mass is 9.46. The van der Waals surface area contributed by atoms with Gasteiger partial charge in [-0.3, -0.25) is 14.5 Å². The van der Waals surface area contributed by atoms with Gasteiger partial charge in [0, 0.05) is 11.6 Å². The van der Waals surface area contributed by atoms with E-state index < -0.39 is 11.6 Å². The summed E-state index contributed by atoms with van der Waals surface area (Å²) < 4.78 is 6.00. The largest absolute Gasteiger partial charge is 0.458 e. The van der Waals surface area contributed by atoms with Gasteiger partial charge in [-0.25, -0.2) is 0 Å². The van der Waals surface area contributed by atoms with Crippen LogP contribution in [0.15, 0.2) is 11.8 Å². The molecule has 3 N–H and O–H groups in total. The van der Waals surface area contributed by atoms with Crippen molar-refractivity contribution < 1.29 is 14.3 Å². The molecule has 0 aromatic carbocycles. The standard InChI is InChI=1S/C21H28N4O3/c1-24-10-17(26)28-21-7-12-2-13(8-21)6-20(5-12,11-21)18(23)19(27)25-15(9-22)3-14-4-16(14)25/h4,12-15,18,24H,2-3,5-8,10-11,23H2,1H3. The predicted molar refractivity (Wildman–Crippen MR) is 100 cm³/mol. The number of nitriles is 1. The van der Waals surface area contributed by atoms with Crippen LogP contribution in [0.1, 0.15) is 44.9 Å². The summed E-state index contributed by atoms with van der Waals surface area (Å²) in [6, 6.07) is 1.23. The van der Waals surface area contributed by atoms with Gasteiger partial charge in [0.1, 0.15) is 11.6 Å². The number of likely N-dealkylation sites (tertiary alicyclic amines) is 1. The number of carbonyl (C=O) groups is 2. The van der Waals surface area contributed by atoms with Crippen molar-refractivity contribution in [1.29, 1.82) is 5.26 Å². The molecule has 4 bridgehead atoms. The number of likely N-dealkylation sites (N-methyl/N-ethyl adjacent to an activating group) is 1. The van der Waals surface area contributed by atoms with Crippen molar-refractivity contribution >= 4 is 11.9 Å². The molecule has 1 heterocycles. The lowest BCUT2D eigenvalue weighted by Crippen LogP contribution is -2.65. The molecule has 150 valence electrons. The molecule has 7 heteroatoms. The molecule has 5 unspecified atom stereocenters. The van der Waals surface area contributed by atoms with E-state index in [0.29, 0.717) is 24.7 Å². The molecule has 28 heavy (non-hydrogen) atoms. The number of carbonyl (C=O) groups excluding carboxylic acids is 2. The molecule has 7 nitrogen and oxygen atoms in total. The number of allylic oxidation sites excluding steroid dienone is 2. The summed E-state index contributed by atoms with van der Waals surface area (Å²) in [5, 5.41) is 12.3. The number of nitrogens with one attached hydrogen (secondary N) is 1. The summed E-state index contributed by atoms with van der Waals surface area (Å²) in [6.07, 6.45) is 8.20. The van der Waals surface area contributed by atoms with Crippen LogP contribution in [0.2, 0.25) is 0 Å². The van der Waals surface area contributed by atoms with Gasteiger partial charge < -0.3 is 15.8 Å². The van der Waals surface area contributed by atoms with Crippen molar-refractivity contribution in [2.24, 2.45) is 28.9 Å². The van der Waals surface area contributed by atoms with Gasteiger partial charge in [-0.05, 0) is 69.2 Å². The third-order valence-corrected chi connectivity index (χ3v) is 7.73. The Morgan fingerprint density at radius 3 is 2.71 bits per heavy atom. The molecule has 4 saturated carbocycles. The van der Waals surface area contributed by atoms with Crippen LogP contribution in [0.5, 0.6) is 0 Å². The highest BCUT2D eigenvalue weighted by Gasteiger charge is 2.63. The van der Waals surface area contributed by atoms with Crippen LogP contribution < -0.4 is 11.1 Å². The van der Waals surface area contributed by atoms with E-state index in [1.807, 2.05) is 0 Å². The van der Waals surface area contributed by atoms with Crippen LogP contribution in [-0.4, -0.2) is 48.1 Å². The van der Waals surface area contributed by atoms with Crippen molar-refractivity contribution in [3.05, 3.63) is 11.8 Å². The second kappa shape index (κ2) is 6.04. The number of nitrogens with zero attached hydrogens (tertiary/aromatic N) is 2. The third kappa shape index (κ3) is 2.61. The minimum atomic E-state index is -0.642. The molecular formula is C21H28N4O3. The molecule has 5 atom stereocenters. The van der Waals surface area contributed by atoms with Gasteiger partial charge in [0.05, 0.1) is 18.7 Å². The number of fused-ring (bicyclic) bond motifs is 1. The molecule has 5 aliphatic carbocycles. The van der Waals surface area contributed by atoms with Gasteiger partial charge >= 0.3 is 5.97 Å². The number of esters is 1. The van der Waals surface area contributed by atoms with Crippen molar-refractivity contribution in [1.82, 2.24) is 10.2 Å². The monoisotopic (exact) mass is 384 g/mol. The number of amides is 1. The molecule has 5 fully saturated rings. The van der Waals surface area contributed by atoms with Crippen LogP contribution in [0.3, 0.4) is 0 Å². The Balaban J connectivity index is 1.40. The fraction of sp³-hybridized carbons (Fsp3) is 0.762. The van der Waals surface area contributed by atoms with E-state index in [9.17, 15) is 14.9 Å². The van der Waals surface area contributed by atoms with Crippen molar-refractivity contribution in [3.63, 3.8) is 0 Å². The van der Waals surface area contributed by atoms with Gasteiger partial charge in [-0.1, -0.05) is 6.08 Å². The van der Waals surface area contributed by atoms with Crippen molar-refractivity contribution in [3.8, 4) is 6.07 Å². The maximum absolute atomic E-state index is 13.4. The van der Waals surface area contributed by atoms with E-state index in [2.05, 4.69) is 17.5 Å². The highest BCUT2D eigenvalue weighted by Crippen LogP contribution is 2.64. The van der Waals surface area contributed by atoms with Gasteiger partial charge in [0.25, 0.3) is 0 Å². The topological polar surface area (TPSA) is 108 Å². The van der Waals surface area contributed by atoms with E-state index >= 15 is 0 Å². The zero-order chi connectivity index (χ0) is 19.7. The van der Waals surface area contributed by atoms with Gasteiger partial charge in [-0.2, -0.15) is 5.26 Å². The maximum atomic E-state index is 13.4. The third-order valence-electron chi connectivity index (χ3n) is 7.73. The SMILES string of the molecule is CNCC(=O)OC12CC3CC(C1)CC(C(N)C(=O)N1C4=CC4CC1C#N)(C3)C2. The van der Waals surface area contributed by atoms with E-state index in [0.717, 1.165) is 37.8 Å². The first-order valence-corrected chi connectivity index (χ1v) is 10.4. The minimum Gasteiger partial charge on any atom is -0.458 e. The smallest absolute Gasteiger partial charge is 0.320 e. The Labute approximate surface area is 165 Å². The number of ether oxygens (including phenoxy) is 1. The highest BCUT2D eigenvalue weighted by atomic mass is 16.6.